The highest BCUT2D eigenvalue weighted by Gasteiger charge is 2.27. The van der Waals surface area contributed by atoms with Crippen LogP contribution in [0, 0.1) is 11.6 Å². The molecular weight excluding hydrogens is 328 g/mol. The lowest BCUT2D eigenvalue weighted by molar-refractivity contribution is 0.318. The van der Waals surface area contributed by atoms with Gasteiger partial charge in [-0.1, -0.05) is 36.4 Å². The quantitative estimate of drug-likeness (QED) is 0.641. The Bertz CT molecular complexity index is 884. The van der Waals surface area contributed by atoms with E-state index >= 15 is 0 Å². The summed E-state index contributed by atoms with van der Waals surface area (Å²) in [6.07, 6.45) is 0. The first kappa shape index (κ1) is 15.0. The minimum atomic E-state index is -0.662. The van der Waals surface area contributed by atoms with Crippen molar-refractivity contribution >= 4 is 17.2 Å². The summed E-state index contributed by atoms with van der Waals surface area (Å²) in [6.45, 7) is 0.290. The molecule has 0 amide bonds. The molecule has 1 atom stereocenters. The van der Waals surface area contributed by atoms with Crippen LogP contribution in [0.15, 0.2) is 65.7 Å². The highest BCUT2D eigenvalue weighted by atomic mass is 32.1. The van der Waals surface area contributed by atoms with Crippen LogP contribution in [-0.4, -0.2) is 12.5 Å². The molecule has 0 bridgehead atoms. The SMILES string of the molecule is Fc1cccc(F)c1C1=NC(c2ccc(-c3ccccc3)s2)CO1. The van der Waals surface area contributed by atoms with Crippen LogP contribution >= 0.6 is 11.3 Å². The van der Waals surface area contributed by atoms with Gasteiger partial charge in [0.15, 0.2) is 0 Å². The summed E-state index contributed by atoms with van der Waals surface area (Å²) in [6, 6.07) is 17.6. The third kappa shape index (κ3) is 2.71. The van der Waals surface area contributed by atoms with Gasteiger partial charge in [0.2, 0.25) is 5.90 Å². The van der Waals surface area contributed by atoms with Crippen molar-refractivity contribution in [3.8, 4) is 10.4 Å². The third-order valence-corrected chi connectivity index (χ3v) is 5.08. The second kappa shape index (κ2) is 6.17. The molecule has 1 aliphatic rings. The van der Waals surface area contributed by atoms with E-state index in [9.17, 15) is 8.78 Å². The van der Waals surface area contributed by atoms with Crippen molar-refractivity contribution in [3.05, 3.63) is 82.7 Å². The van der Waals surface area contributed by atoms with Gasteiger partial charge in [0.05, 0.1) is 0 Å². The van der Waals surface area contributed by atoms with E-state index in [1.54, 1.807) is 11.3 Å². The summed E-state index contributed by atoms with van der Waals surface area (Å²) < 4.78 is 33.2. The highest BCUT2D eigenvalue weighted by Crippen LogP contribution is 2.35. The van der Waals surface area contributed by atoms with Gasteiger partial charge in [0.25, 0.3) is 0 Å². The largest absolute Gasteiger partial charge is 0.475 e. The lowest BCUT2D eigenvalue weighted by Crippen LogP contribution is -2.07. The van der Waals surface area contributed by atoms with Gasteiger partial charge in [-0.15, -0.1) is 11.3 Å². The Morgan fingerprint density at radius 3 is 2.42 bits per heavy atom. The van der Waals surface area contributed by atoms with E-state index in [1.807, 2.05) is 42.5 Å². The molecule has 24 heavy (non-hydrogen) atoms. The van der Waals surface area contributed by atoms with Gasteiger partial charge < -0.3 is 4.74 Å². The lowest BCUT2D eigenvalue weighted by atomic mass is 10.2. The van der Waals surface area contributed by atoms with Crippen LogP contribution < -0.4 is 0 Å². The van der Waals surface area contributed by atoms with Crippen LogP contribution in [0.1, 0.15) is 16.5 Å². The smallest absolute Gasteiger partial charge is 0.222 e. The number of hydrogen-bond acceptors (Lipinski definition) is 3. The fraction of sp³-hybridized carbons (Fsp3) is 0.105. The molecule has 3 aromatic rings. The van der Waals surface area contributed by atoms with E-state index in [0.717, 1.165) is 15.3 Å². The van der Waals surface area contributed by atoms with Crippen LogP contribution in [0.5, 0.6) is 0 Å². The molecule has 1 unspecified atom stereocenters. The van der Waals surface area contributed by atoms with Gasteiger partial charge in [-0.25, -0.2) is 13.8 Å². The summed E-state index contributed by atoms with van der Waals surface area (Å²) >= 11 is 1.61. The van der Waals surface area contributed by atoms with Gasteiger partial charge in [0.1, 0.15) is 29.8 Å². The zero-order chi connectivity index (χ0) is 16.5. The number of ether oxygens (including phenoxy) is 1. The van der Waals surface area contributed by atoms with Crippen molar-refractivity contribution in [1.29, 1.82) is 0 Å². The van der Waals surface area contributed by atoms with E-state index in [-0.39, 0.29) is 24.1 Å². The zero-order valence-corrected chi connectivity index (χ0v) is 13.4. The molecule has 0 fully saturated rings. The normalized spacial score (nSPS) is 16.8. The molecule has 0 radical (unpaired) electrons. The first-order valence-electron chi connectivity index (χ1n) is 7.52. The molecule has 5 heteroatoms. The van der Waals surface area contributed by atoms with Crippen molar-refractivity contribution in [2.24, 2.45) is 4.99 Å². The van der Waals surface area contributed by atoms with Crippen LogP contribution in [-0.2, 0) is 4.74 Å². The van der Waals surface area contributed by atoms with Crippen LogP contribution in [0.25, 0.3) is 10.4 Å². The van der Waals surface area contributed by atoms with E-state index in [0.29, 0.717) is 0 Å². The minimum absolute atomic E-state index is 0.0326. The predicted octanol–water partition coefficient (Wildman–Crippen LogP) is 5.21. The van der Waals surface area contributed by atoms with Crippen molar-refractivity contribution < 1.29 is 13.5 Å². The summed E-state index contributed by atoms with van der Waals surface area (Å²) in [4.78, 5) is 6.53. The molecule has 0 spiro atoms. The van der Waals surface area contributed by atoms with Gasteiger partial charge >= 0.3 is 0 Å². The summed E-state index contributed by atoms with van der Waals surface area (Å²) in [5.41, 5.74) is 0.942. The molecule has 0 saturated heterocycles. The maximum Gasteiger partial charge on any atom is 0.222 e. The monoisotopic (exact) mass is 341 g/mol. The maximum absolute atomic E-state index is 13.9. The lowest BCUT2D eigenvalue weighted by Gasteiger charge is -2.03. The van der Waals surface area contributed by atoms with Gasteiger partial charge in [-0.05, 0) is 29.8 Å². The van der Waals surface area contributed by atoms with Gasteiger partial charge in [-0.2, -0.15) is 0 Å². The topological polar surface area (TPSA) is 21.6 Å². The maximum atomic E-state index is 13.9. The summed E-state index contributed by atoms with van der Waals surface area (Å²) in [5.74, 6) is -1.29. The molecule has 2 heterocycles. The second-order valence-corrected chi connectivity index (χ2v) is 6.54. The second-order valence-electron chi connectivity index (χ2n) is 5.43. The first-order valence-corrected chi connectivity index (χ1v) is 8.34. The molecule has 1 aliphatic heterocycles. The Morgan fingerprint density at radius 2 is 1.67 bits per heavy atom. The molecule has 2 nitrogen and oxygen atoms in total. The standard InChI is InChI=1S/C19H13F2NOS/c20-13-7-4-8-14(21)18(13)19-22-15(11-23-19)17-10-9-16(24-17)12-5-2-1-3-6-12/h1-10,15H,11H2. The number of hydrogen-bond donors (Lipinski definition) is 0. The van der Waals surface area contributed by atoms with E-state index < -0.39 is 11.6 Å². The number of rotatable bonds is 3. The Hall–Kier alpha value is -2.53. The number of benzene rings is 2. The Balaban J connectivity index is 1.63. The van der Waals surface area contributed by atoms with Gasteiger partial charge in [-0.3, -0.25) is 0 Å². The molecule has 0 saturated carbocycles. The Labute approximate surface area is 142 Å². The minimum Gasteiger partial charge on any atom is -0.475 e. The van der Waals surface area contributed by atoms with E-state index in [1.165, 1.54) is 18.2 Å². The fourth-order valence-electron chi connectivity index (χ4n) is 2.65. The van der Waals surface area contributed by atoms with E-state index in [2.05, 4.69) is 4.99 Å². The third-order valence-electron chi connectivity index (χ3n) is 3.84. The average Bonchev–Trinajstić information content (AvgIpc) is 3.25. The number of halogens is 2. The molecule has 1 aromatic heterocycles. The number of nitrogens with zero attached hydrogens (tertiary/aromatic N) is 1. The highest BCUT2D eigenvalue weighted by molar-refractivity contribution is 7.15. The van der Waals surface area contributed by atoms with E-state index in [4.69, 9.17) is 4.74 Å². The van der Waals surface area contributed by atoms with Crippen molar-refractivity contribution in [2.45, 2.75) is 6.04 Å². The first-order chi connectivity index (χ1) is 11.7. The van der Waals surface area contributed by atoms with Crippen LogP contribution in [0.4, 0.5) is 8.78 Å². The number of thiophene rings is 1. The molecular formula is C19H13F2NOS. The molecule has 2 aromatic carbocycles. The fourth-order valence-corrected chi connectivity index (χ4v) is 3.68. The zero-order valence-electron chi connectivity index (χ0n) is 12.6. The van der Waals surface area contributed by atoms with Crippen molar-refractivity contribution in [2.75, 3.05) is 6.61 Å². The predicted molar refractivity (Wildman–Crippen MR) is 91.3 cm³/mol. The molecule has 4 rings (SSSR count). The summed E-state index contributed by atoms with van der Waals surface area (Å²) in [5, 5.41) is 0. The van der Waals surface area contributed by atoms with Gasteiger partial charge in [0, 0.05) is 9.75 Å². The van der Waals surface area contributed by atoms with Crippen LogP contribution in [0.2, 0.25) is 0 Å². The molecule has 120 valence electrons. The Morgan fingerprint density at radius 1 is 0.917 bits per heavy atom. The summed E-state index contributed by atoms with van der Waals surface area (Å²) in [7, 11) is 0. The van der Waals surface area contributed by atoms with Crippen LogP contribution in [0.3, 0.4) is 0 Å². The van der Waals surface area contributed by atoms with Crippen molar-refractivity contribution in [3.63, 3.8) is 0 Å². The number of aliphatic imine (C=N–C) groups is 1. The molecule has 0 N–H and O–H groups in total. The molecule has 0 aliphatic carbocycles. The Kier molecular flexibility index (Phi) is 3.86. The average molecular weight is 341 g/mol. The van der Waals surface area contributed by atoms with Crippen molar-refractivity contribution in [1.82, 2.24) is 0 Å².